The van der Waals surface area contributed by atoms with Gasteiger partial charge in [-0.3, -0.25) is 4.79 Å². The number of hydrogen-bond donors (Lipinski definition) is 4. The van der Waals surface area contributed by atoms with Gasteiger partial charge in [0, 0.05) is 29.2 Å². The Labute approximate surface area is 199 Å². The number of nitrogens with one attached hydrogen (secondary N) is 2. The molecule has 1 heterocycles. The van der Waals surface area contributed by atoms with Crippen molar-refractivity contribution < 1.29 is 15.0 Å². The highest BCUT2D eigenvalue weighted by Crippen LogP contribution is 2.62. The molecule has 1 saturated carbocycles. The maximum Gasteiger partial charge on any atom is 0.221 e. The molecule has 6 nitrogen and oxygen atoms in total. The molecular formula is C26H33N3O3S. The number of terminal acetylenes is 1. The van der Waals surface area contributed by atoms with Gasteiger partial charge in [-0.2, -0.15) is 0 Å². The number of carbonyl (C=O) groups is 1. The van der Waals surface area contributed by atoms with E-state index in [0.29, 0.717) is 19.4 Å². The van der Waals surface area contributed by atoms with Gasteiger partial charge in [0.2, 0.25) is 5.91 Å². The zero-order valence-electron chi connectivity index (χ0n) is 19.3. The van der Waals surface area contributed by atoms with Gasteiger partial charge in [-0.1, -0.05) is 50.1 Å². The summed E-state index contributed by atoms with van der Waals surface area (Å²) in [5, 5.41) is 28.3. The van der Waals surface area contributed by atoms with Gasteiger partial charge in [-0.25, -0.2) is 4.98 Å². The minimum Gasteiger partial charge on any atom is -0.396 e. The minimum absolute atomic E-state index is 0.0408. The van der Waals surface area contributed by atoms with E-state index in [1.54, 1.807) is 11.3 Å². The SMILES string of the molecule is C#CCNC(=O)CC1c2nc(NCc3ccccc3)sc2CC2C(C)(CO)C(O)CCC12C. The molecule has 4 rings (SSSR count). The van der Waals surface area contributed by atoms with Crippen LogP contribution in [-0.2, 0) is 17.8 Å². The van der Waals surface area contributed by atoms with Crippen molar-refractivity contribution in [3.05, 3.63) is 46.5 Å². The predicted molar refractivity (Wildman–Crippen MR) is 131 cm³/mol. The van der Waals surface area contributed by atoms with Crippen molar-refractivity contribution in [2.45, 2.75) is 58.1 Å². The average Bonchev–Trinajstić information content (AvgIpc) is 3.23. The van der Waals surface area contributed by atoms with Crippen molar-refractivity contribution in [2.24, 2.45) is 16.7 Å². The Morgan fingerprint density at radius 2 is 2.09 bits per heavy atom. The summed E-state index contributed by atoms with van der Waals surface area (Å²) in [4.78, 5) is 18.9. The third-order valence-electron chi connectivity index (χ3n) is 7.96. The van der Waals surface area contributed by atoms with Crippen molar-refractivity contribution in [3.8, 4) is 12.3 Å². The van der Waals surface area contributed by atoms with Crippen molar-refractivity contribution in [1.82, 2.24) is 10.3 Å². The normalized spacial score (nSPS) is 30.6. The topological polar surface area (TPSA) is 94.5 Å². The quantitative estimate of drug-likeness (QED) is 0.469. The Morgan fingerprint density at radius 1 is 1.33 bits per heavy atom. The van der Waals surface area contributed by atoms with Gasteiger partial charge < -0.3 is 20.8 Å². The highest BCUT2D eigenvalue weighted by Gasteiger charge is 2.59. The molecule has 1 aromatic carbocycles. The number of benzene rings is 1. The summed E-state index contributed by atoms with van der Waals surface area (Å²) in [5.74, 6) is 2.31. The summed E-state index contributed by atoms with van der Waals surface area (Å²) < 4.78 is 0. The van der Waals surface area contributed by atoms with Crippen LogP contribution in [0.2, 0.25) is 0 Å². The zero-order chi connectivity index (χ0) is 23.6. The first-order valence-corrected chi connectivity index (χ1v) is 12.4. The molecule has 0 radical (unpaired) electrons. The Morgan fingerprint density at radius 3 is 2.79 bits per heavy atom. The standard InChI is InChI=1S/C26H33N3O3S/c1-4-12-27-22(32)13-18-23-19(33-24(29-23)28-15-17-8-6-5-7-9-17)14-20-25(18,2)11-10-21(31)26(20,3)16-30/h1,5-9,18,20-21,30-31H,10-16H2,2-3H3,(H,27,32)(H,28,29). The van der Waals surface area contributed by atoms with Crippen LogP contribution in [0.25, 0.3) is 0 Å². The molecule has 1 aromatic heterocycles. The first kappa shape index (κ1) is 23.7. The molecular weight excluding hydrogens is 434 g/mol. The van der Waals surface area contributed by atoms with E-state index >= 15 is 0 Å². The molecule has 1 amide bonds. The zero-order valence-corrected chi connectivity index (χ0v) is 20.1. The van der Waals surface area contributed by atoms with E-state index < -0.39 is 11.5 Å². The monoisotopic (exact) mass is 467 g/mol. The number of aliphatic hydroxyl groups is 2. The molecule has 33 heavy (non-hydrogen) atoms. The molecule has 0 aliphatic heterocycles. The number of amides is 1. The fraction of sp³-hybridized carbons (Fsp3) is 0.538. The molecule has 1 fully saturated rings. The fourth-order valence-corrected chi connectivity index (χ4v) is 6.97. The molecule has 5 atom stereocenters. The number of anilines is 1. The second-order valence-corrected chi connectivity index (χ2v) is 11.0. The van der Waals surface area contributed by atoms with Crippen LogP contribution in [0.15, 0.2) is 30.3 Å². The van der Waals surface area contributed by atoms with E-state index in [2.05, 4.69) is 35.6 Å². The summed E-state index contributed by atoms with van der Waals surface area (Å²) in [6.45, 7) is 4.98. The molecule has 176 valence electrons. The van der Waals surface area contributed by atoms with E-state index in [4.69, 9.17) is 11.4 Å². The van der Waals surface area contributed by atoms with E-state index in [1.165, 1.54) is 5.56 Å². The highest BCUT2D eigenvalue weighted by atomic mass is 32.1. The second kappa shape index (κ2) is 9.46. The summed E-state index contributed by atoms with van der Waals surface area (Å²) in [5.41, 5.74) is 1.26. The molecule has 0 spiro atoms. The molecule has 2 aliphatic rings. The van der Waals surface area contributed by atoms with Crippen molar-refractivity contribution >= 4 is 22.4 Å². The van der Waals surface area contributed by atoms with E-state index in [1.807, 2.05) is 25.1 Å². The molecule has 7 heteroatoms. The molecule has 2 aromatic rings. The molecule has 5 unspecified atom stereocenters. The predicted octanol–water partition coefficient (Wildman–Crippen LogP) is 3.31. The first-order chi connectivity index (χ1) is 15.8. The Bertz CT molecular complexity index is 1030. The van der Waals surface area contributed by atoms with Gasteiger partial charge in [0.1, 0.15) is 0 Å². The maximum absolute atomic E-state index is 12.8. The lowest BCUT2D eigenvalue weighted by molar-refractivity contribution is -0.144. The number of hydrogen-bond acceptors (Lipinski definition) is 6. The molecule has 2 aliphatic carbocycles. The maximum atomic E-state index is 12.8. The van der Waals surface area contributed by atoms with Crippen molar-refractivity contribution in [1.29, 1.82) is 0 Å². The third kappa shape index (κ3) is 4.40. The Kier molecular flexibility index (Phi) is 6.81. The van der Waals surface area contributed by atoms with Gasteiger partial charge in [0.25, 0.3) is 0 Å². The van der Waals surface area contributed by atoms with E-state index in [0.717, 1.165) is 28.5 Å². The largest absolute Gasteiger partial charge is 0.396 e. The summed E-state index contributed by atoms with van der Waals surface area (Å²) in [6, 6.07) is 10.2. The van der Waals surface area contributed by atoms with Crippen LogP contribution >= 0.6 is 11.3 Å². The number of carbonyl (C=O) groups excluding carboxylic acids is 1. The van der Waals surface area contributed by atoms with Crippen LogP contribution < -0.4 is 10.6 Å². The second-order valence-electron chi connectivity index (χ2n) is 9.89. The van der Waals surface area contributed by atoms with Crippen LogP contribution in [0.3, 0.4) is 0 Å². The number of fused-ring (bicyclic) bond motifs is 2. The molecule has 0 bridgehead atoms. The first-order valence-electron chi connectivity index (χ1n) is 11.6. The Balaban J connectivity index is 1.68. The summed E-state index contributed by atoms with van der Waals surface area (Å²) in [6.07, 6.45) is 7.19. The lowest BCUT2D eigenvalue weighted by Gasteiger charge is -2.58. The van der Waals surface area contributed by atoms with Crippen LogP contribution in [-0.4, -0.2) is 40.4 Å². The summed E-state index contributed by atoms with van der Waals surface area (Å²) >= 11 is 1.62. The van der Waals surface area contributed by atoms with E-state index in [9.17, 15) is 15.0 Å². The van der Waals surface area contributed by atoms with Gasteiger partial charge >= 0.3 is 0 Å². The van der Waals surface area contributed by atoms with Crippen LogP contribution in [0.4, 0.5) is 5.13 Å². The molecule has 0 saturated heterocycles. The van der Waals surface area contributed by atoms with Gasteiger partial charge in [-0.05, 0) is 36.2 Å². The summed E-state index contributed by atoms with van der Waals surface area (Å²) in [7, 11) is 0. The van der Waals surface area contributed by atoms with Crippen molar-refractivity contribution in [3.63, 3.8) is 0 Å². The van der Waals surface area contributed by atoms with Crippen LogP contribution in [0.5, 0.6) is 0 Å². The minimum atomic E-state index is -0.625. The van der Waals surface area contributed by atoms with E-state index in [-0.39, 0.29) is 36.3 Å². The smallest absolute Gasteiger partial charge is 0.221 e. The number of thiazole rings is 1. The van der Waals surface area contributed by atoms with Crippen LogP contribution in [0, 0.1) is 29.1 Å². The fourth-order valence-electron chi connectivity index (χ4n) is 5.90. The average molecular weight is 468 g/mol. The molecule has 4 N–H and O–H groups in total. The number of nitrogens with zero attached hydrogens (tertiary/aromatic N) is 1. The lowest BCUT2D eigenvalue weighted by Crippen LogP contribution is -2.57. The third-order valence-corrected chi connectivity index (χ3v) is 9.01. The number of aliphatic hydroxyl groups excluding tert-OH is 2. The van der Waals surface area contributed by atoms with Gasteiger partial charge in [0.05, 0.1) is 24.9 Å². The van der Waals surface area contributed by atoms with Crippen LogP contribution in [0.1, 0.15) is 55.2 Å². The van der Waals surface area contributed by atoms with Gasteiger partial charge in [0.15, 0.2) is 5.13 Å². The number of rotatable bonds is 7. The highest BCUT2D eigenvalue weighted by molar-refractivity contribution is 7.15. The Hall–Kier alpha value is -2.40. The lowest BCUT2D eigenvalue weighted by atomic mass is 9.47. The van der Waals surface area contributed by atoms with Crippen molar-refractivity contribution in [2.75, 3.05) is 18.5 Å². The van der Waals surface area contributed by atoms with Gasteiger partial charge in [-0.15, -0.1) is 17.8 Å². The number of aromatic nitrogens is 1.